The molecule has 0 bridgehead atoms. The molecule has 0 radical (unpaired) electrons. The molecule has 0 saturated carbocycles. The Hall–Kier alpha value is -1.63. The lowest BCUT2D eigenvalue weighted by Gasteiger charge is -2.18. The molecule has 1 rings (SSSR count). The summed E-state index contributed by atoms with van der Waals surface area (Å²) < 4.78 is 1.59. The van der Waals surface area contributed by atoms with Crippen LogP contribution in [0.3, 0.4) is 0 Å². The molecule has 1 N–H and O–H groups in total. The number of nitro groups is 1. The van der Waals surface area contributed by atoms with E-state index in [0.29, 0.717) is 24.5 Å². The van der Waals surface area contributed by atoms with Crippen LogP contribution in [-0.2, 0) is 13.5 Å². The highest BCUT2D eigenvalue weighted by atomic mass is 16.6. The quantitative estimate of drug-likeness (QED) is 0.425. The molecule has 0 aromatic carbocycles. The van der Waals surface area contributed by atoms with E-state index in [0.717, 1.165) is 25.7 Å². The van der Waals surface area contributed by atoms with Crippen LogP contribution >= 0.6 is 0 Å². The number of aliphatic hydroxyl groups is 1. The summed E-state index contributed by atoms with van der Waals surface area (Å²) in [6.45, 7) is 2.89. The number of rotatable bonds is 9. The predicted molar refractivity (Wildman–Crippen MR) is 78.1 cm³/mol. The van der Waals surface area contributed by atoms with Gasteiger partial charge in [-0.05, 0) is 25.7 Å². The molecule has 0 aliphatic rings. The van der Waals surface area contributed by atoms with E-state index < -0.39 is 0 Å². The summed E-state index contributed by atoms with van der Waals surface area (Å²) in [6.07, 6.45) is 4.01. The van der Waals surface area contributed by atoms with E-state index in [1.807, 2.05) is 18.9 Å². The molecule has 0 atom stereocenters. The first-order valence-electron chi connectivity index (χ1n) is 7.05. The Bertz CT molecular complexity index is 445. The molecule has 1 aromatic rings. The van der Waals surface area contributed by atoms with Crippen molar-refractivity contribution in [2.45, 2.75) is 39.0 Å². The first kappa shape index (κ1) is 16.4. The van der Waals surface area contributed by atoms with Crippen molar-refractivity contribution >= 4 is 11.5 Å². The third kappa shape index (κ3) is 3.93. The van der Waals surface area contributed by atoms with Crippen molar-refractivity contribution in [3.8, 4) is 0 Å². The lowest BCUT2D eigenvalue weighted by atomic mass is 10.2. The molecule has 1 heterocycles. The molecule has 7 nitrogen and oxygen atoms in total. The van der Waals surface area contributed by atoms with Gasteiger partial charge in [0.15, 0.2) is 0 Å². The van der Waals surface area contributed by atoms with E-state index in [1.54, 1.807) is 11.7 Å². The molecule has 114 valence electrons. The lowest BCUT2D eigenvalue weighted by molar-refractivity contribution is -0.384. The number of hydrogen-bond donors (Lipinski definition) is 1. The monoisotopic (exact) mass is 284 g/mol. The number of nitrogens with zero attached hydrogens (tertiary/aromatic N) is 4. The minimum atomic E-state index is -0.336. The third-order valence-electron chi connectivity index (χ3n) is 3.24. The van der Waals surface area contributed by atoms with E-state index in [9.17, 15) is 10.1 Å². The van der Waals surface area contributed by atoms with Gasteiger partial charge in [0.25, 0.3) is 0 Å². The van der Waals surface area contributed by atoms with E-state index in [-0.39, 0.29) is 17.2 Å². The van der Waals surface area contributed by atoms with Crippen LogP contribution in [0.1, 0.15) is 38.3 Å². The Morgan fingerprint density at radius 2 is 2.10 bits per heavy atom. The summed E-state index contributed by atoms with van der Waals surface area (Å²) in [4.78, 5) is 12.8. The molecule has 0 aliphatic heterocycles. The van der Waals surface area contributed by atoms with Gasteiger partial charge in [0.1, 0.15) is 5.69 Å². The van der Waals surface area contributed by atoms with Gasteiger partial charge in [-0.15, -0.1) is 0 Å². The van der Waals surface area contributed by atoms with Gasteiger partial charge in [-0.1, -0.05) is 13.3 Å². The Morgan fingerprint density at radius 3 is 2.65 bits per heavy atom. The standard InChI is InChI=1S/C13H24N4O3/c1-4-8-11-12(17(19)20)13(16(3)14-11)15(2)9-6-5-7-10-18/h18H,4-10H2,1-3H3. The maximum absolute atomic E-state index is 11.3. The molecule has 0 unspecified atom stereocenters. The summed E-state index contributed by atoms with van der Waals surface area (Å²) in [7, 11) is 3.59. The van der Waals surface area contributed by atoms with Crippen LogP contribution in [0, 0.1) is 10.1 Å². The largest absolute Gasteiger partial charge is 0.396 e. The third-order valence-corrected chi connectivity index (χ3v) is 3.24. The maximum Gasteiger partial charge on any atom is 0.334 e. The van der Waals surface area contributed by atoms with Crippen LogP contribution in [0.4, 0.5) is 11.5 Å². The molecule has 0 aliphatic carbocycles. The van der Waals surface area contributed by atoms with E-state index in [2.05, 4.69) is 5.10 Å². The van der Waals surface area contributed by atoms with Gasteiger partial charge in [-0.25, -0.2) is 4.68 Å². The number of anilines is 1. The minimum absolute atomic E-state index is 0.124. The molecule has 0 amide bonds. The van der Waals surface area contributed by atoms with Gasteiger partial charge in [0.2, 0.25) is 5.82 Å². The lowest BCUT2D eigenvalue weighted by Crippen LogP contribution is -2.22. The van der Waals surface area contributed by atoms with Crippen LogP contribution in [0.25, 0.3) is 0 Å². The summed E-state index contributed by atoms with van der Waals surface area (Å²) in [5.74, 6) is 0.558. The van der Waals surface area contributed by atoms with Crippen molar-refractivity contribution in [3.05, 3.63) is 15.8 Å². The Labute approximate surface area is 119 Å². The summed E-state index contributed by atoms with van der Waals surface area (Å²) in [6, 6.07) is 0. The van der Waals surface area contributed by atoms with Crippen LogP contribution in [0.15, 0.2) is 0 Å². The van der Waals surface area contributed by atoms with Crippen molar-refractivity contribution in [1.29, 1.82) is 0 Å². The zero-order chi connectivity index (χ0) is 15.1. The van der Waals surface area contributed by atoms with Crippen molar-refractivity contribution in [1.82, 2.24) is 9.78 Å². The van der Waals surface area contributed by atoms with Crippen molar-refractivity contribution < 1.29 is 10.0 Å². The Kier molecular flexibility index (Phi) is 6.44. The summed E-state index contributed by atoms with van der Waals surface area (Å²) in [5.41, 5.74) is 0.677. The van der Waals surface area contributed by atoms with Gasteiger partial charge in [-0.3, -0.25) is 10.1 Å². The van der Waals surface area contributed by atoms with Gasteiger partial charge in [0, 0.05) is 27.2 Å². The highest BCUT2D eigenvalue weighted by Crippen LogP contribution is 2.31. The SMILES string of the molecule is CCCc1nn(C)c(N(C)CCCCCO)c1[N+](=O)[O-]. The number of aliphatic hydroxyl groups excluding tert-OH is 1. The fourth-order valence-corrected chi connectivity index (χ4v) is 2.32. The van der Waals surface area contributed by atoms with Crippen LogP contribution < -0.4 is 4.90 Å². The van der Waals surface area contributed by atoms with Gasteiger partial charge >= 0.3 is 5.69 Å². The van der Waals surface area contributed by atoms with Crippen molar-refractivity contribution in [3.63, 3.8) is 0 Å². The number of hydrogen-bond acceptors (Lipinski definition) is 5. The number of aryl methyl sites for hydroxylation is 2. The average molecular weight is 284 g/mol. The maximum atomic E-state index is 11.3. The highest BCUT2D eigenvalue weighted by molar-refractivity contribution is 5.61. The molecule has 7 heteroatoms. The molecule has 1 aromatic heterocycles. The molecular weight excluding hydrogens is 260 g/mol. The number of unbranched alkanes of at least 4 members (excludes halogenated alkanes) is 2. The zero-order valence-electron chi connectivity index (χ0n) is 12.5. The normalized spacial score (nSPS) is 10.8. The van der Waals surface area contributed by atoms with E-state index in [1.165, 1.54) is 0 Å². The molecular formula is C13H24N4O3. The second-order valence-corrected chi connectivity index (χ2v) is 4.96. The molecule has 20 heavy (non-hydrogen) atoms. The highest BCUT2D eigenvalue weighted by Gasteiger charge is 2.28. The first-order chi connectivity index (χ1) is 9.52. The molecule has 0 saturated heterocycles. The fourth-order valence-electron chi connectivity index (χ4n) is 2.32. The van der Waals surface area contributed by atoms with Gasteiger partial charge < -0.3 is 10.0 Å². The van der Waals surface area contributed by atoms with E-state index >= 15 is 0 Å². The molecule has 0 fully saturated rings. The number of aromatic nitrogens is 2. The first-order valence-corrected chi connectivity index (χ1v) is 7.05. The van der Waals surface area contributed by atoms with Crippen molar-refractivity contribution in [2.24, 2.45) is 7.05 Å². The Balaban J connectivity index is 2.89. The van der Waals surface area contributed by atoms with E-state index in [4.69, 9.17) is 5.11 Å². The average Bonchev–Trinajstić information content (AvgIpc) is 2.71. The van der Waals surface area contributed by atoms with Gasteiger partial charge in [0.05, 0.1) is 4.92 Å². The molecule has 0 spiro atoms. The summed E-state index contributed by atoms with van der Waals surface area (Å²) >= 11 is 0. The predicted octanol–water partition coefficient (Wildman–Crippen LogP) is 1.88. The second-order valence-electron chi connectivity index (χ2n) is 4.96. The fraction of sp³-hybridized carbons (Fsp3) is 0.769. The van der Waals surface area contributed by atoms with Crippen LogP contribution in [-0.4, -0.2) is 40.0 Å². The second kappa shape index (κ2) is 7.84. The van der Waals surface area contributed by atoms with Crippen LogP contribution in [0.5, 0.6) is 0 Å². The van der Waals surface area contributed by atoms with Gasteiger partial charge in [-0.2, -0.15) is 5.10 Å². The summed E-state index contributed by atoms with van der Waals surface area (Å²) in [5, 5.41) is 24.3. The Morgan fingerprint density at radius 1 is 1.40 bits per heavy atom. The van der Waals surface area contributed by atoms with Crippen LogP contribution in [0.2, 0.25) is 0 Å². The topological polar surface area (TPSA) is 84.4 Å². The minimum Gasteiger partial charge on any atom is -0.396 e. The van der Waals surface area contributed by atoms with Crippen molar-refractivity contribution in [2.75, 3.05) is 25.1 Å². The smallest absolute Gasteiger partial charge is 0.334 e. The zero-order valence-corrected chi connectivity index (χ0v) is 12.5.